The number of piperazine rings is 1. The SMILES string of the molecule is [C-]#[N+]c1ccc(N2C[C@@H](C)N(C(=O)Cc3ccc(N4CCC(CN(C(C)C)C5CC(Oc6ccc7c(c6)C(=O)N(C6CCC(=O)NC6=O)C7=O)C5)CC4)nc3)C[C@@H]2C)c2cccnc12. The quantitative estimate of drug-likeness (QED) is 0.144. The van der Waals surface area contributed by atoms with E-state index in [1.165, 1.54) is 0 Å². The summed E-state index contributed by atoms with van der Waals surface area (Å²) in [6.45, 7) is 20.5. The Kier molecular flexibility index (Phi) is 11.8. The number of hydrogen-bond acceptors (Lipinski definition) is 11. The standard InChI is InChI=1S/C49H55N9O6/c1-29(2)55(34-22-36(23-34)64-35-9-10-37-39(24-35)49(63)58(48(37)62)42-13-15-44(59)53-47(42)61)28-32-16-19-54(20-17-32)43-14-8-33(25-52-43)21-45(60)57-27-30(3)56(26-31(57)4)41-12-11-40(50-5)46-38(41)7-6-18-51-46/h6-12,14,18,24-25,29-32,34,36,42H,13,15-17,19-23,26-28H2,1-4H3,(H,53,59,61)/t30-,31+,34?,36?,42?/m0/s1. The normalized spacial score (nSPS) is 24.0. The first kappa shape index (κ1) is 42.9. The van der Waals surface area contributed by atoms with Gasteiger partial charge in [-0.2, -0.15) is 0 Å². The van der Waals surface area contributed by atoms with E-state index in [9.17, 15) is 24.0 Å². The van der Waals surface area contributed by atoms with Gasteiger partial charge in [-0.25, -0.2) is 9.83 Å². The Labute approximate surface area is 373 Å². The van der Waals surface area contributed by atoms with Gasteiger partial charge >= 0.3 is 0 Å². The van der Waals surface area contributed by atoms with Crippen LogP contribution in [0.4, 0.5) is 17.2 Å². The zero-order valence-electron chi connectivity index (χ0n) is 36.9. The van der Waals surface area contributed by atoms with Crippen molar-refractivity contribution < 1.29 is 28.7 Å². The van der Waals surface area contributed by atoms with Crippen molar-refractivity contribution in [3.8, 4) is 5.75 Å². The maximum absolute atomic E-state index is 13.7. The molecule has 1 aliphatic carbocycles. The van der Waals surface area contributed by atoms with Gasteiger partial charge in [-0.1, -0.05) is 18.2 Å². The van der Waals surface area contributed by atoms with Crippen molar-refractivity contribution in [3.63, 3.8) is 0 Å². The van der Waals surface area contributed by atoms with Gasteiger partial charge in [0.15, 0.2) is 0 Å². The summed E-state index contributed by atoms with van der Waals surface area (Å²) in [5.41, 5.74) is 3.66. The van der Waals surface area contributed by atoms with Crippen molar-refractivity contribution in [2.45, 2.75) is 109 Å². The van der Waals surface area contributed by atoms with Gasteiger partial charge in [0.1, 0.15) is 23.7 Å². The van der Waals surface area contributed by atoms with E-state index in [0.717, 1.165) is 72.7 Å². The number of imide groups is 2. The molecule has 6 heterocycles. The van der Waals surface area contributed by atoms with Crippen LogP contribution >= 0.6 is 0 Å². The second-order valence-electron chi connectivity index (χ2n) is 18.5. The number of nitrogens with zero attached hydrogens (tertiary/aromatic N) is 8. The van der Waals surface area contributed by atoms with Gasteiger partial charge in [0.05, 0.1) is 29.6 Å². The first-order valence-electron chi connectivity index (χ1n) is 22.7. The van der Waals surface area contributed by atoms with Crippen molar-refractivity contribution in [1.82, 2.24) is 30.0 Å². The minimum Gasteiger partial charge on any atom is -0.490 e. The summed E-state index contributed by atoms with van der Waals surface area (Å²) >= 11 is 0. The number of aromatic nitrogens is 2. The summed E-state index contributed by atoms with van der Waals surface area (Å²) in [6, 6.07) is 16.6. The Morgan fingerprint density at radius 1 is 0.938 bits per heavy atom. The molecule has 4 aliphatic heterocycles. The molecule has 2 aromatic carbocycles. The average molecular weight is 866 g/mol. The molecular formula is C49H55N9O6. The van der Waals surface area contributed by atoms with Crippen molar-refractivity contribution in [3.05, 3.63) is 95.1 Å². The van der Waals surface area contributed by atoms with E-state index in [1.807, 2.05) is 41.4 Å². The number of pyridine rings is 2. The van der Waals surface area contributed by atoms with Crippen LogP contribution in [0.25, 0.3) is 15.7 Å². The number of fused-ring (bicyclic) bond motifs is 2. The zero-order valence-corrected chi connectivity index (χ0v) is 36.9. The first-order valence-corrected chi connectivity index (χ1v) is 22.7. The monoisotopic (exact) mass is 865 g/mol. The number of rotatable bonds is 11. The largest absolute Gasteiger partial charge is 0.490 e. The second kappa shape index (κ2) is 17.6. The van der Waals surface area contributed by atoms with Gasteiger partial charge in [-0.05, 0) is 94.8 Å². The highest BCUT2D eigenvalue weighted by molar-refractivity contribution is 6.23. The number of nitrogens with one attached hydrogen (secondary N) is 1. The third-order valence-electron chi connectivity index (χ3n) is 13.9. The summed E-state index contributed by atoms with van der Waals surface area (Å²) in [5, 5.41) is 3.19. The van der Waals surface area contributed by atoms with E-state index < -0.39 is 29.7 Å². The average Bonchev–Trinajstić information content (AvgIpc) is 3.52. The topological polar surface area (TPSA) is 153 Å². The molecule has 5 amide bonds. The summed E-state index contributed by atoms with van der Waals surface area (Å²) in [5.74, 6) is 0.0301. The van der Waals surface area contributed by atoms with E-state index in [0.29, 0.717) is 54.5 Å². The molecule has 5 aliphatic rings. The molecule has 9 rings (SSSR count). The van der Waals surface area contributed by atoms with E-state index >= 15 is 0 Å². The molecule has 3 saturated heterocycles. The van der Waals surface area contributed by atoms with Crippen LogP contribution in [-0.2, 0) is 20.8 Å². The van der Waals surface area contributed by atoms with E-state index in [2.05, 4.69) is 63.6 Å². The number of carbonyl (C=O) groups excluding carboxylic acids is 5. The second-order valence-corrected chi connectivity index (χ2v) is 18.5. The molecule has 1 saturated carbocycles. The molecule has 64 heavy (non-hydrogen) atoms. The van der Waals surface area contributed by atoms with Crippen molar-refractivity contribution in [1.29, 1.82) is 0 Å². The summed E-state index contributed by atoms with van der Waals surface area (Å²) in [7, 11) is 0. The van der Waals surface area contributed by atoms with Crippen LogP contribution in [0.3, 0.4) is 0 Å². The Morgan fingerprint density at radius 2 is 1.72 bits per heavy atom. The third-order valence-corrected chi connectivity index (χ3v) is 13.9. The molecule has 0 spiro atoms. The lowest BCUT2D eigenvalue weighted by molar-refractivity contribution is -0.136. The van der Waals surface area contributed by atoms with Crippen LogP contribution < -0.4 is 19.9 Å². The van der Waals surface area contributed by atoms with Crippen LogP contribution in [0.1, 0.15) is 92.5 Å². The van der Waals surface area contributed by atoms with E-state index in [1.54, 1.807) is 24.4 Å². The maximum Gasteiger partial charge on any atom is 0.262 e. The molecule has 15 heteroatoms. The predicted octanol–water partition coefficient (Wildman–Crippen LogP) is 5.79. The van der Waals surface area contributed by atoms with Gasteiger partial charge < -0.3 is 19.4 Å². The number of benzene rings is 2. The number of ether oxygens (including phenoxy) is 1. The molecule has 15 nitrogen and oxygen atoms in total. The fourth-order valence-electron chi connectivity index (χ4n) is 10.3. The number of anilines is 2. The highest BCUT2D eigenvalue weighted by atomic mass is 16.5. The van der Waals surface area contributed by atoms with Crippen molar-refractivity contribution in [2.24, 2.45) is 5.92 Å². The van der Waals surface area contributed by atoms with Crippen molar-refractivity contribution in [2.75, 3.05) is 42.5 Å². The van der Waals surface area contributed by atoms with Gasteiger partial charge in [0.2, 0.25) is 23.4 Å². The minimum absolute atomic E-state index is 0.00831. The predicted molar refractivity (Wildman–Crippen MR) is 241 cm³/mol. The molecule has 332 valence electrons. The van der Waals surface area contributed by atoms with Crippen LogP contribution in [0, 0.1) is 12.5 Å². The highest BCUT2D eigenvalue weighted by Crippen LogP contribution is 2.37. The lowest BCUT2D eigenvalue weighted by Crippen LogP contribution is -2.58. The Bertz CT molecular complexity index is 2530. The molecule has 0 bridgehead atoms. The van der Waals surface area contributed by atoms with E-state index in [4.69, 9.17) is 16.3 Å². The van der Waals surface area contributed by atoms with E-state index in [-0.39, 0.29) is 48.1 Å². The molecular weight excluding hydrogens is 811 g/mol. The molecule has 1 unspecified atom stereocenters. The summed E-state index contributed by atoms with van der Waals surface area (Å²) in [4.78, 5) is 87.4. The number of hydrogen-bond donors (Lipinski definition) is 1. The molecule has 0 radical (unpaired) electrons. The number of amides is 5. The summed E-state index contributed by atoms with van der Waals surface area (Å²) in [6.07, 6.45) is 7.92. The van der Waals surface area contributed by atoms with Crippen LogP contribution in [0.15, 0.2) is 67.0 Å². The fraction of sp³-hybridized carbons (Fsp3) is 0.469. The Morgan fingerprint density at radius 3 is 2.44 bits per heavy atom. The number of piperidine rings is 2. The third kappa shape index (κ3) is 8.27. The minimum atomic E-state index is -1.000. The van der Waals surface area contributed by atoms with Crippen LogP contribution in [-0.4, -0.2) is 123 Å². The smallest absolute Gasteiger partial charge is 0.262 e. The molecule has 1 N–H and O–H groups in total. The Balaban J connectivity index is 0.732. The van der Waals surface area contributed by atoms with Gasteiger partial charge in [-0.15, -0.1) is 0 Å². The van der Waals surface area contributed by atoms with Crippen LogP contribution in [0.5, 0.6) is 5.75 Å². The number of carbonyl (C=O) groups is 5. The fourth-order valence-corrected chi connectivity index (χ4v) is 10.3. The summed E-state index contributed by atoms with van der Waals surface area (Å²) < 4.78 is 6.32. The lowest BCUT2D eigenvalue weighted by atomic mass is 9.85. The lowest BCUT2D eigenvalue weighted by Gasteiger charge is -2.46. The maximum atomic E-state index is 13.7. The van der Waals surface area contributed by atoms with Crippen molar-refractivity contribution >= 4 is 57.6 Å². The zero-order chi connectivity index (χ0) is 44.8. The highest BCUT2D eigenvalue weighted by Gasteiger charge is 2.45. The van der Waals surface area contributed by atoms with Gasteiger partial charge in [0.25, 0.3) is 11.8 Å². The Hall–Kier alpha value is -6.40. The van der Waals surface area contributed by atoms with Gasteiger partial charge in [0, 0.05) is 99.6 Å². The molecule has 4 fully saturated rings. The van der Waals surface area contributed by atoms with Crippen LogP contribution in [0.2, 0.25) is 0 Å². The van der Waals surface area contributed by atoms with Gasteiger partial charge in [-0.3, -0.25) is 44.1 Å². The molecule has 4 aromatic rings. The molecule has 2 aromatic heterocycles. The molecule has 3 atom stereocenters. The first-order chi connectivity index (χ1) is 30.9.